The SMILES string of the molecule is CO[n+]1cc(-c2cc(C)ccc2-n2cnnn2)cc2c1C(O)(C(=O)Nc1ccc(C(=O)O)cc1)CC2O. The number of carbonyl (C=O) groups excluding carboxylic acids is 1. The summed E-state index contributed by atoms with van der Waals surface area (Å²) in [5.41, 5.74) is 1.67. The van der Waals surface area contributed by atoms with Crippen LogP contribution in [0.3, 0.4) is 0 Å². The zero-order valence-corrected chi connectivity index (χ0v) is 19.9. The number of benzene rings is 2. The topological polar surface area (TPSA) is 164 Å². The van der Waals surface area contributed by atoms with Crippen molar-refractivity contribution in [2.45, 2.75) is 25.0 Å². The van der Waals surface area contributed by atoms with E-state index in [-0.39, 0.29) is 23.4 Å². The van der Waals surface area contributed by atoms with Crippen LogP contribution in [-0.4, -0.2) is 54.5 Å². The number of aliphatic hydroxyl groups excluding tert-OH is 1. The lowest BCUT2D eigenvalue weighted by atomic mass is 9.97. The third-order valence-corrected chi connectivity index (χ3v) is 6.32. The number of pyridine rings is 1. The van der Waals surface area contributed by atoms with Gasteiger partial charge in [-0.3, -0.25) is 9.63 Å². The zero-order chi connectivity index (χ0) is 26.3. The van der Waals surface area contributed by atoms with E-state index in [1.54, 1.807) is 12.3 Å². The fourth-order valence-corrected chi connectivity index (χ4v) is 4.53. The Balaban J connectivity index is 1.56. The van der Waals surface area contributed by atoms with E-state index in [9.17, 15) is 19.8 Å². The van der Waals surface area contributed by atoms with Crippen molar-refractivity contribution in [3.63, 3.8) is 0 Å². The Morgan fingerprint density at radius 1 is 1.19 bits per heavy atom. The van der Waals surface area contributed by atoms with Crippen LogP contribution in [-0.2, 0) is 10.4 Å². The summed E-state index contributed by atoms with van der Waals surface area (Å²) in [6.07, 6.45) is 1.61. The van der Waals surface area contributed by atoms with Gasteiger partial charge in [-0.2, -0.15) is 4.68 Å². The predicted molar refractivity (Wildman–Crippen MR) is 128 cm³/mol. The molecule has 0 aliphatic heterocycles. The van der Waals surface area contributed by atoms with Crippen LogP contribution < -0.4 is 14.9 Å². The Kier molecular flexibility index (Phi) is 5.90. The molecule has 1 aliphatic carbocycles. The second-order valence-corrected chi connectivity index (χ2v) is 8.73. The normalized spacial score (nSPS) is 18.3. The first-order valence-electron chi connectivity index (χ1n) is 11.3. The number of rotatable bonds is 6. The number of carboxylic acids is 1. The van der Waals surface area contributed by atoms with Crippen LogP contribution in [0.2, 0.25) is 0 Å². The Bertz CT molecular complexity index is 1510. The van der Waals surface area contributed by atoms with E-state index in [1.807, 2.05) is 25.1 Å². The van der Waals surface area contributed by atoms with Gasteiger partial charge in [0.1, 0.15) is 13.4 Å². The molecule has 4 N–H and O–H groups in total. The molecule has 0 spiro atoms. The molecule has 37 heavy (non-hydrogen) atoms. The van der Waals surface area contributed by atoms with Crippen molar-refractivity contribution in [2.75, 3.05) is 12.4 Å². The van der Waals surface area contributed by atoms with E-state index >= 15 is 0 Å². The largest absolute Gasteiger partial charge is 0.478 e. The number of anilines is 1. The Labute approximate surface area is 210 Å². The van der Waals surface area contributed by atoms with E-state index in [4.69, 9.17) is 9.94 Å². The molecule has 2 atom stereocenters. The maximum Gasteiger partial charge on any atom is 0.335 e. The van der Waals surface area contributed by atoms with Crippen LogP contribution in [0, 0.1) is 6.92 Å². The minimum atomic E-state index is -2.12. The van der Waals surface area contributed by atoms with Crippen LogP contribution in [0.1, 0.15) is 39.7 Å². The summed E-state index contributed by atoms with van der Waals surface area (Å²) in [5.74, 6) is -1.89. The number of amides is 1. The standard InChI is InChI=1S/C25H22N6O6/c1-14-3-8-20(30-13-26-28-29-30)18(9-14)16-10-19-21(32)11-25(36,22(19)31(12-16)37-2)24(35)27-17-6-4-15(5-7-17)23(33)34/h3-10,12-13,21,32,36H,11H2,1-2H3,(H-,27,33,34,35)/p+1. The van der Waals surface area contributed by atoms with E-state index in [1.165, 1.54) is 47.1 Å². The van der Waals surface area contributed by atoms with Crippen molar-refractivity contribution >= 4 is 17.6 Å². The molecule has 0 radical (unpaired) electrons. The predicted octanol–water partition coefficient (Wildman–Crippen LogP) is 0.945. The minimum absolute atomic E-state index is 0.0558. The summed E-state index contributed by atoms with van der Waals surface area (Å²) in [6, 6.07) is 12.9. The van der Waals surface area contributed by atoms with E-state index in [0.29, 0.717) is 16.8 Å². The molecule has 2 aromatic carbocycles. The number of aryl methyl sites for hydroxylation is 1. The van der Waals surface area contributed by atoms with Gasteiger partial charge in [0.2, 0.25) is 11.8 Å². The van der Waals surface area contributed by atoms with Crippen LogP contribution in [0.25, 0.3) is 16.8 Å². The Morgan fingerprint density at radius 2 is 1.95 bits per heavy atom. The molecule has 188 valence electrons. The van der Waals surface area contributed by atoms with Crippen LogP contribution >= 0.6 is 0 Å². The van der Waals surface area contributed by atoms with Crippen molar-refractivity contribution < 1.29 is 34.5 Å². The van der Waals surface area contributed by atoms with Gasteiger partial charge in [0.15, 0.2) is 0 Å². The third-order valence-electron chi connectivity index (χ3n) is 6.32. The van der Waals surface area contributed by atoms with E-state index in [0.717, 1.165) is 11.1 Å². The molecule has 1 aliphatic rings. The van der Waals surface area contributed by atoms with Crippen molar-refractivity contribution in [1.29, 1.82) is 0 Å². The number of carbonyl (C=O) groups is 2. The fourth-order valence-electron chi connectivity index (χ4n) is 4.53. The second-order valence-electron chi connectivity index (χ2n) is 8.73. The molecule has 12 nitrogen and oxygen atoms in total. The van der Waals surface area contributed by atoms with Gasteiger partial charge in [-0.25, -0.2) is 4.79 Å². The smallest absolute Gasteiger partial charge is 0.335 e. The summed E-state index contributed by atoms with van der Waals surface area (Å²) >= 11 is 0. The molecule has 4 aromatic rings. The summed E-state index contributed by atoms with van der Waals surface area (Å²) in [7, 11) is 1.39. The number of aromatic nitrogens is 5. The molecule has 0 bridgehead atoms. The summed E-state index contributed by atoms with van der Waals surface area (Å²) in [6.45, 7) is 1.94. The average molecular weight is 503 g/mol. The van der Waals surface area contributed by atoms with E-state index < -0.39 is 23.6 Å². The van der Waals surface area contributed by atoms with Gasteiger partial charge in [0.05, 0.1) is 28.5 Å². The van der Waals surface area contributed by atoms with Gasteiger partial charge in [-0.05, 0) is 59.8 Å². The quantitative estimate of drug-likeness (QED) is 0.280. The molecule has 2 unspecified atom stereocenters. The van der Waals surface area contributed by atoms with Gasteiger partial charge in [-0.15, -0.1) is 5.10 Å². The zero-order valence-electron chi connectivity index (χ0n) is 19.9. The molecule has 0 fully saturated rings. The number of fused-ring (bicyclic) bond motifs is 1. The van der Waals surface area contributed by atoms with Crippen molar-refractivity contribution in [3.05, 3.63) is 83.4 Å². The molecular formula is C25H23N6O6+. The van der Waals surface area contributed by atoms with Crippen LogP contribution in [0.5, 0.6) is 0 Å². The first-order valence-corrected chi connectivity index (χ1v) is 11.3. The van der Waals surface area contributed by atoms with E-state index in [2.05, 4.69) is 20.8 Å². The first kappa shape index (κ1) is 24.0. The van der Waals surface area contributed by atoms with Gasteiger partial charge in [0, 0.05) is 22.4 Å². The number of nitrogens with one attached hydrogen (secondary N) is 1. The Hall–Kier alpha value is -4.68. The molecule has 5 rings (SSSR count). The summed E-state index contributed by atoms with van der Waals surface area (Å²) in [4.78, 5) is 29.9. The lowest BCUT2D eigenvalue weighted by molar-refractivity contribution is -0.892. The number of carboxylic acid groups (broad SMARTS) is 1. The van der Waals surface area contributed by atoms with Crippen molar-refractivity contribution in [1.82, 2.24) is 20.2 Å². The van der Waals surface area contributed by atoms with Gasteiger partial charge in [0.25, 0.3) is 11.6 Å². The molecular weight excluding hydrogens is 480 g/mol. The highest BCUT2D eigenvalue weighted by atomic mass is 16.6. The summed E-state index contributed by atoms with van der Waals surface area (Å²) < 4.78 is 2.77. The molecule has 12 heteroatoms. The minimum Gasteiger partial charge on any atom is -0.478 e. The number of nitrogens with zero attached hydrogens (tertiary/aromatic N) is 5. The number of aromatic carboxylic acids is 1. The monoisotopic (exact) mass is 503 g/mol. The lowest BCUT2D eigenvalue weighted by Gasteiger charge is -2.20. The van der Waals surface area contributed by atoms with Crippen LogP contribution in [0.15, 0.2) is 61.1 Å². The number of hydrogen-bond acceptors (Lipinski definition) is 8. The number of tetrazole rings is 1. The molecule has 2 heterocycles. The highest BCUT2D eigenvalue weighted by Gasteiger charge is 2.56. The highest BCUT2D eigenvalue weighted by Crippen LogP contribution is 2.43. The second kappa shape index (κ2) is 9.08. The molecule has 0 saturated carbocycles. The number of aliphatic hydroxyl groups is 2. The van der Waals surface area contributed by atoms with Gasteiger partial charge < -0.3 is 20.6 Å². The van der Waals surface area contributed by atoms with Crippen molar-refractivity contribution in [2.24, 2.45) is 0 Å². The third kappa shape index (κ3) is 4.17. The highest BCUT2D eigenvalue weighted by molar-refractivity contribution is 5.98. The molecule has 1 amide bonds. The average Bonchev–Trinajstić information content (AvgIpc) is 3.51. The van der Waals surface area contributed by atoms with Crippen LogP contribution in [0.4, 0.5) is 5.69 Å². The summed E-state index contributed by atoms with van der Waals surface area (Å²) in [5, 5.41) is 45.5. The molecule has 0 saturated heterocycles. The fraction of sp³-hybridized carbons (Fsp3) is 0.200. The maximum atomic E-state index is 13.3. The first-order chi connectivity index (χ1) is 17.7. The lowest BCUT2D eigenvalue weighted by Crippen LogP contribution is -2.53. The maximum absolute atomic E-state index is 13.3. The van der Waals surface area contributed by atoms with Crippen molar-refractivity contribution in [3.8, 4) is 16.8 Å². The number of hydrogen-bond donors (Lipinski definition) is 4. The Morgan fingerprint density at radius 3 is 2.59 bits per heavy atom. The van der Waals surface area contributed by atoms with Gasteiger partial charge >= 0.3 is 5.97 Å². The van der Waals surface area contributed by atoms with Gasteiger partial charge in [-0.1, -0.05) is 11.6 Å². The molecule has 2 aromatic heterocycles.